The number of unbranched alkanes of at least 4 members (excludes halogenated alkanes) is 1. The molecule has 34 heavy (non-hydrogen) atoms. The number of hydrogen-bond acceptors (Lipinski definition) is 1. The number of nitrogens with zero attached hydrogens (tertiary/aromatic N) is 1. The van der Waals surface area contributed by atoms with E-state index >= 15 is 0 Å². The lowest BCUT2D eigenvalue weighted by atomic mass is 9.87. The van der Waals surface area contributed by atoms with Crippen LogP contribution in [0.5, 0.6) is 0 Å². The molecule has 0 saturated heterocycles. The highest BCUT2D eigenvalue weighted by molar-refractivity contribution is 5.63. The number of hydrogen-bond donors (Lipinski definition) is 0. The van der Waals surface area contributed by atoms with Crippen LogP contribution in [-0.2, 0) is 0 Å². The van der Waals surface area contributed by atoms with Gasteiger partial charge in [-0.1, -0.05) is 30.7 Å². The van der Waals surface area contributed by atoms with Gasteiger partial charge in [-0.2, -0.15) is 0 Å². The predicted octanol–water partition coefficient (Wildman–Crippen LogP) is 8.38. The first-order valence-electron chi connectivity index (χ1n) is 11.3. The molecule has 0 aliphatic carbocycles. The van der Waals surface area contributed by atoms with Gasteiger partial charge in [-0.15, -0.1) is 0 Å². The van der Waals surface area contributed by atoms with Crippen LogP contribution in [0.15, 0.2) is 97.1 Å². The quantitative estimate of drug-likeness (QED) is 0.178. The molecular weight excluding hydrogens is 438 g/mol. The van der Waals surface area contributed by atoms with Gasteiger partial charge in [0.1, 0.15) is 23.3 Å². The summed E-state index contributed by atoms with van der Waals surface area (Å²) in [6, 6.07) is 25.3. The number of anilines is 2. The van der Waals surface area contributed by atoms with Gasteiger partial charge in [0.05, 0.1) is 0 Å². The van der Waals surface area contributed by atoms with Crippen molar-refractivity contribution < 1.29 is 17.6 Å². The third-order valence-electron chi connectivity index (χ3n) is 5.95. The lowest BCUT2D eigenvalue weighted by Gasteiger charge is -2.26. The van der Waals surface area contributed by atoms with Gasteiger partial charge in [-0.25, -0.2) is 17.6 Å². The van der Waals surface area contributed by atoms with Gasteiger partial charge in [0.25, 0.3) is 0 Å². The van der Waals surface area contributed by atoms with E-state index in [1.54, 1.807) is 48.5 Å². The summed E-state index contributed by atoms with van der Waals surface area (Å²) >= 11 is 0. The van der Waals surface area contributed by atoms with Crippen molar-refractivity contribution in [2.75, 3.05) is 11.4 Å². The maximum Gasteiger partial charge on any atom is 0.123 e. The second-order valence-corrected chi connectivity index (χ2v) is 8.26. The Morgan fingerprint density at radius 3 is 1.21 bits per heavy atom. The molecule has 0 fully saturated rings. The highest BCUT2D eigenvalue weighted by Crippen LogP contribution is 2.31. The molecule has 0 bridgehead atoms. The molecule has 4 aromatic rings. The van der Waals surface area contributed by atoms with Crippen molar-refractivity contribution in [1.29, 1.82) is 0 Å². The summed E-state index contributed by atoms with van der Waals surface area (Å²) in [5.74, 6) is -1.22. The molecule has 174 valence electrons. The van der Waals surface area contributed by atoms with Crippen LogP contribution in [-0.4, -0.2) is 6.54 Å². The molecule has 0 aliphatic rings. The molecule has 0 atom stereocenters. The minimum Gasteiger partial charge on any atom is -0.341 e. The number of benzene rings is 4. The van der Waals surface area contributed by atoms with Gasteiger partial charge >= 0.3 is 0 Å². The SMILES string of the molecule is Fc1ccc(C(CCCCN(c2ccc(F)cc2)c2ccc(F)cc2)c2ccc(F)cc2)cc1. The molecule has 0 heterocycles. The summed E-state index contributed by atoms with van der Waals surface area (Å²) in [7, 11) is 0. The molecule has 0 amide bonds. The van der Waals surface area contributed by atoms with Gasteiger partial charge in [-0.05, 0) is 96.8 Å². The molecule has 0 saturated carbocycles. The second-order valence-electron chi connectivity index (χ2n) is 8.26. The molecule has 0 aliphatic heterocycles. The molecular formula is C29H25F4N. The molecule has 0 N–H and O–H groups in total. The Morgan fingerprint density at radius 1 is 0.471 bits per heavy atom. The Hall–Kier alpha value is -3.60. The first-order valence-corrected chi connectivity index (χ1v) is 11.3. The Labute approximate surface area is 197 Å². The zero-order chi connectivity index (χ0) is 23.9. The fourth-order valence-electron chi connectivity index (χ4n) is 4.18. The van der Waals surface area contributed by atoms with Crippen LogP contribution < -0.4 is 4.90 Å². The predicted molar refractivity (Wildman–Crippen MR) is 128 cm³/mol. The van der Waals surface area contributed by atoms with Crippen molar-refractivity contribution in [1.82, 2.24) is 0 Å². The summed E-state index contributed by atoms with van der Waals surface area (Å²) in [5, 5.41) is 0. The molecule has 0 radical (unpaired) electrons. The maximum absolute atomic E-state index is 13.5. The Balaban J connectivity index is 1.48. The van der Waals surface area contributed by atoms with E-state index in [2.05, 4.69) is 0 Å². The minimum atomic E-state index is -0.316. The van der Waals surface area contributed by atoms with E-state index in [1.807, 2.05) is 4.90 Å². The number of halogens is 4. The highest BCUT2D eigenvalue weighted by atomic mass is 19.1. The molecule has 0 aromatic heterocycles. The van der Waals surface area contributed by atoms with Crippen molar-refractivity contribution in [3.63, 3.8) is 0 Å². The van der Waals surface area contributed by atoms with E-state index in [-0.39, 0.29) is 29.2 Å². The van der Waals surface area contributed by atoms with E-state index in [1.165, 1.54) is 48.5 Å². The van der Waals surface area contributed by atoms with Crippen LogP contribution in [0.4, 0.5) is 28.9 Å². The van der Waals surface area contributed by atoms with Gasteiger partial charge in [0.2, 0.25) is 0 Å². The van der Waals surface area contributed by atoms with E-state index in [0.717, 1.165) is 41.8 Å². The Morgan fingerprint density at radius 2 is 0.824 bits per heavy atom. The van der Waals surface area contributed by atoms with Gasteiger partial charge in [-0.3, -0.25) is 0 Å². The van der Waals surface area contributed by atoms with Crippen molar-refractivity contribution in [3.05, 3.63) is 131 Å². The fourth-order valence-corrected chi connectivity index (χ4v) is 4.18. The van der Waals surface area contributed by atoms with E-state index < -0.39 is 0 Å². The highest BCUT2D eigenvalue weighted by Gasteiger charge is 2.16. The van der Waals surface area contributed by atoms with Crippen molar-refractivity contribution in [2.45, 2.75) is 25.2 Å². The molecule has 1 nitrogen and oxygen atoms in total. The molecule has 4 rings (SSSR count). The average molecular weight is 464 g/mol. The van der Waals surface area contributed by atoms with Crippen molar-refractivity contribution >= 4 is 11.4 Å². The van der Waals surface area contributed by atoms with E-state index in [9.17, 15) is 17.6 Å². The van der Waals surface area contributed by atoms with Gasteiger partial charge in [0, 0.05) is 23.8 Å². The lowest BCUT2D eigenvalue weighted by molar-refractivity contribution is 0.609. The topological polar surface area (TPSA) is 3.24 Å². The summed E-state index contributed by atoms with van der Waals surface area (Å²) in [4.78, 5) is 2.03. The summed E-state index contributed by atoms with van der Waals surface area (Å²) in [6.45, 7) is 0.650. The van der Waals surface area contributed by atoms with Gasteiger partial charge < -0.3 is 4.90 Å². The van der Waals surface area contributed by atoms with Crippen LogP contribution in [0.25, 0.3) is 0 Å². The van der Waals surface area contributed by atoms with Crippen molar-refractivity contribution in [3.8, 4) is 0 Å². The maximum atomic E-state index is 13.5. The summed E-state index contributed by atoms with van der Waals surface area (Å²) in [6.07, 6.45) is 2.45. The lowest BCUT2D eigenvalue weighted by Crippen LogP contribution is -2.18. The second kappa shape index (κ2) is 11.0. The Bertz CT molecular complexity index is 983. The van der Waals surface area contributed by atoms with Crippen molar-refractivity contribution in [2.24, 2.45) is 0 Å². The monoisotopic (exact) mass is 463 g/mol. The average Bonchev–Trinajstić information content (AvgIpc) is 2.85. The van der Waals surface area contributed by atoms with Crippen LogP contribution in [0.2, 0.25) is 0 Å². The normalized spacial score (nSPS) is 11.1. The first kappa shape index (κ1) is 23.6. The number of rotatable bonds is 9. The van der Waals surface area contributed by atoms with Crippen LogP contribution in [0.1, 0.15) is 36.3 Å². The van der Waals surface area contributed by atoms with Crippen LogP contribution >= 0.6 is 0 Å². The zero-order valence-electron chi connectivity index (χ0n) is 18.6. The summed E-state index contributed by atoms with van der Waals surface area (Å²) < 4.78 is 53.9. The molecule has 5 heteroatoms. The molecule has 4 aromatic carbocycles. The first-order chi connectivity index (χ1) is 16.5. The van der Waals surface area contributed by atoms with E-state index in [4.69, 9.17) is 0 Å². The fraction of sp³-hybridized carbons (Fsp3) is 0.172. The van der Waals surface area contributed by atoms with Gasteiger partial charge in [0.15, 0.2) is 0 Å². The molecule has 0 spiro atoms. The smallest absolute Gasteiger partial charge is 0.123 e. The molecule has 0 unspecified atom stereocenters. The van der Waals surface area contributed by atoms with Crippen LogP contribution in [0.3, 0.4) is 0 Å². The summed E-state index contributed by atoms with van der Waals surface area (Å²) in [5.41, 5.74) is 3.59. The zero-order valence-corrected chi connectivity index (χ0v) is 18.6. The standard InChI is InChI=1S/C29H25F4N/c30-23-8-4-21(5-9-23)29(22-6-10-24(31)11-7-22)3-1-2-20-34(27-16-12-25(32)13-17-27)28-18-14-26(33)15-19-28/h4-19,29H,1-3,20H2. The minimum absolute atomic E-state index is 0.00583. The van der Waals surface area contributed by atoms with E-state index in [0.29, 0.717) is 6.54 Å². The third kappa shape index (κ3) is 6.04. The van der Waals surface area contributed by atoms with Crippen LogP contribution in [0, 0.1) is 23.3 Å². The third-order valence-corrected chi connectivity index (χ3v) is 5.95. The Kier molecular flexibility index (Phi) is 7.63. The largest absolute Gasteiger partial charge is 0.341 e.